The van der Waals surface area contributed by atoms with Gasteiger partial charge in [-0.3, -0.25) is 9.36 Å². The van der Waals surface area contributed by atoms with E-state index in [1.54, 1.807) is 13.2 Å². The van der Waals surface area contributed by atoms with Crippen LogP contribution < -0.4 is 10.2 Å². The molecule has 1 aliphatic heterocycles. The van der Waals surface area contributed by atoms with Crippen LogP contribution in [0.1, 0.15) is 39.4 Å². The SMILES string of the molecule is CC(C)C(C)(C#N)NC(=O)CSc1nnc(N2CCCC2)n1Cc1ccco1. The molecule has 1 N–H and O–H groups in total. The van der Waals surface area contributed by atoms with Crippen LogP contribution in [0, 0.1) is 17.2 Å². The van der Waals surface area contributed by atoms with E-state index in [1.807, 2.05) is 30.5 Å². The van der Waals surface area contributed by atoms with Crippen LogP contribution in [0.3, 0.4) is 0 Å². The lowest BCUT2D eigenvalue weighted by Crippen LogP contribution is -2.49. The predicted molar refractivity (Wildman–Crippen MR) is 107 cm³/mol. The largest absolute Gasteiger partial charge is 0.467 e. The van der Waals surface area contributed by atoms with E-state index >= 15 is 0 Å². The van der Waals surface area contributed by atoms with Crippen LogP contribution in [0.15, 0.2) is 28.0 Å². The minimum atomic E-state index is -0.889. The number of carbonyl (C=O) groups excluding carboxylic acids is 1. The van der Waals surface area contributed by atoms with Crippen molar-refractivity contribution >= 4 is 23.6 Å². The van der Waals surface area contributed by atoms with Crippen LogP contribution in [0.4, 0.5) is 5.95 Å². The molecule has 0 aliphatic carbocycles. The molecule has 3 rings (SSSR count). The monoisotopic (exact) mass is 402 g/mol. The molecule has 0 radical (unpaired) electrons. The fraction of sp³-hybridized carbons (Fsp3) is 0.579. The van der Waals surface area contributed by atoms with E-state index in [4.69, 9.17) is 4.42 Å². The molecule has 0 bridgehead atoms. The Morgan fingerprint density at radius 2 is 2.18 bits per heavy atom. The summed E-state index contributed by atoms with van der Waals surface area (Å²) in [5.41, 5.74) is -0.889. The molecule has 2 aromatic heterocycles. The van der Waals surface area contributed by atoms with Crippen molar-refractivity contribution < 1.29 is 9.21 Å². The van der Waals surface area contributed by atoms with E-state index in [0.717, 1.165) is 37.6 Å². The molecule has 1 atom stereocenters. The number of hydrogen-bond donors (Lipinski definition) is 1. The molecule has 0 saturated carbocycles. The van der Waals surface area contributed by atoms with Crippen molar-refractivity contribution in [3.8, 4) is 6.07 Å². The highest BCUT2D eigenvalue weighted by atomic mass is 32.2. The normalized spacial score (nSPS) is 16.2. The third-order valence-electron chi connectivity index (χ3n) is 5.10. The van der Waals surface area contributed by atoms with Crippen molar-refractivity contribution in [2.24, 2.45) is 5.92 Å². The first-order valence-corrected chi connectivity index (χ1v) is 10.5. The third-order valence-corrected chi connectivity index (χ3v) is 6.07. The minimum absolute atomic E-state index is 0.0100. The Morgan fingerprint density at radius 1 is 1.43 bits per heavy atom. The highest BCUT2D eigenvalue weighted by molar-refractivity contribution is 7.99. The number of nitrogens with one attached hydrogen (secondary N) is 1. The molecule has 28 heavy (non-hydrogen) atoms. The van der Waals surface area contributed by atoms with Crippen LogP contribution in [0.2, 0.25) is 0 Å². The molecule has 1 amide bonds. The third kappa shape index (κ3) is 4.50. The maximum absolute atomic E-state index is 12.4. The molecule has 8 nitrogen and oxygen atoms in total. The smallest absolute Gasteiger partial charge is 0.231 e. The van der Waals surface area contributed by atoms with E-state index < -0.39 is 5.54 Å². The highest BCUT2D eigenvalue weighted by Crippen LogP contribution is 2.26. The van der Waals surface area contributed by atoms with Crippen molar-refractivity contribution in [1.29, 1.82) is 5.26 Å². The molecule has 0 aromatic carbocycles. The van der Waals surface area contributed by atoms with E-state index in [0.29, 0.717) is 11.7 Å². The molecular weight excluding hydrogens is 376 g/mol. The summed E-state index contributed by atoms with van der Waals surface area (Å²) in [4.78, 5) is 14.6. The van der Waals surface area contributed by atoms with Gasteiger partial charge in [0.15, 0.2) is 5.16 Å². The highest BCUT2D eigenvalue weighted by Gasteiger charge is 2.30. The summed E-state index contributed by atoms with van der Waals surface area (Å²) in [5, 5.41) is 21.6. The number of amides is 1. The Hall–Kier alpha value is -2.47. The topological polar surface area (TPSA) is 100.0 Å². The Bertz CT molecular complexity index is 835. The summed E-state index contributed by atoms with van der Waals surface area (Å²) in [6.07, 6.45) is 3.92. The lowest BCUT2D eigenvalue weighted by atomic mass is 9.90. The lowest BCUT2D eigenvalue weighted by Gasteiger charge is -2.27. The van der Waals surface area contributed by atoms with Gasteiger partial charge in [0.2, 0.25) is 11.9 Å². The lowest BCUT2D eigenvalue weighted by molar-refractivity contribution is -0.120. The van der Waals surface area contributed by atoms with Gasteiger partial charge >= 0.3 is 0 Å². The molecule has 1 aliphatic rings. The molecule has 2 aromatic rings. The van der Waals surface area contributed by atoms with Gasteiger partial charge in [0.1, 0.15) is 11.3 Å². The molecule has 1 unspecified atom stereocenters. The maximum Gasteiger partial charge on any atom is 0.231 e. The van der Waals surface area contributed by atoms with Crippen LogP contribution in [0.25, 0.3) is 0 Å². The summed E-state index contributed by atoms with van der Waals surface area (Å²) < 4.78 is 7.49. The zero-order valence-corrected chi connectivity index (χ0v) is 17.3. The number of anilines is 1. The van der Waals surface area contributed by atoms with Crippen LogP contribution in [-0.4, -0.2) is 45.1 Å². The summed E-state index contributed by atoms with van der Waals surface area (Å²) in [5.74, 6) is 1.60. The molecule has 1 fully saturated rings. The van der Waals surface area contributed by atoms with Crippen molar-refractivity contribution in [2.75, 3.05) is 23.7 Å². The second kappa shape index (κ2) is 8.69. The van der Waals surface area contributed by atoms with Crippen molar-refractivity contribution in [1.82, 2.24) is 20.1 Å². The average molecular weight is 403 g/mol. The molecule has 0 spiro atoms. The van der Waals surface area contributed by atoms with E-state index in [1.165, 1.54) is 11.8 Å². The number of nitrogens with zero attached hydrogens (tertiary/aromatic N) is 5. The van der Waals surface area contributed by atoms with E-state index in [9.17, 15) is 10.1 Å². The van der Waals surface area contributed by atoms with Gasteiger partial charge in [-0.2, -0.15) is 5.26 Å². The first-order chi connectivity index (χ1) is 13.4. The quantitative estimate of drug-likeness (QED) is 0.678. The Labute approximate surface area is 169 Å². The minimum Gasteiger partial charge on any atom is -0.467 e. The summed E-state index contributed by atoms with van der Waals surface area (Å²) in [7, 11) is 0. The van der Waals surface area contributed by atoms with E-state index in [2.05, 4.69) is 26.5 Å². The van der Waals surface area contributed by atoms with Crippen molar-refractivity contribution in [3.63, 3.8) is 0 Å². The Kier molecular flexibility index (Phi) is 6.29. The Balaban J connectivity index is 1.72. The fourth-order valence-corrected chi connectivity index (χ4v) is 3.73. The second-order valence-corrected chi connectivity index (χ2v) is 8.39. The zero-order valence-electron chi connectivity index (χ0n) is 16.5. The average Bonchev–Trinajstić information content (AvgIpc) is 3.42. The fourth-order valence-electron chi connectivity index (χ4n) is 2.99. The number of nitriles is 1. The number of carbonyl (C=O) groups is 1. The maximum atomic E-state index is 12.4. The first kappa shape index (κ1) is 20.3. The van der Waals surface area contributed by atoms with Gasteiger partial charge in [-0.1, -0.05) is 25.6 Å². The predicted octanol–water partition coefficient (Wildman–Crippen LogP) is 2.67. The van der Waals surface area contributed by atoms with Gasteiger partial charge < -0.3 is 14.6 Å². The molecular formula is C19H26N6O2S. The van der Waals surface area contributed by atoms with Crippen LogP contribution in [-0.2, 0) is 11.3 Å². The van der Waals surface area contributed by atoms with Gasteiger partial charge in [0, 0.05) is 13.1 Å². The number of hydrogen-bond acceptors (Lipinski definition) is 7. The standard InChI is InChI=1S/C19H26N6O2S/c1-14(2)19(3,13-20)21-16(26)12-28-18-23-22-17(24-8-4-5-9-24)25(18)11-15-7-6-10-27-15/h6-7,10,14H,4-5,8-9,11-12H2,1-3H3,(H,21,26). The van der Waals surface area contributed by atoms with Crippen LogP contribution in [0.5, 0.6) is 0 Å². The summed E-state index contributed by atoms with van der Waals surface area (Å²) in [6.45, 7) is 7.99. The molecule has 1 saturated heterocycles. The van der Waals surface area contributed by atoms with Gasteiger partial charge in [-0.15, -0.1) is 10.2 Å². The van der Waals surface area contributed by atoms with Gasteiger partial charge in [0.25, 0.3) is 0 Å². The second-order valence-electron chi connectivity index (χ2n) is 7.45. The summed E-state index contributed by atoms with van der Waals surface area (Å²) in [6, 6.07) is 5.96. The van der Waals surface area contributed by atoms with Gasteiger partial charge in [-0.25, -0.2) is 0 Å². The van der Waals surface area contributed by atoms with Crippen molar-refractivity contribution in [3.05, 3.63) is 24.2 Å². The Morgan fingerprint density at radius 3 is 2.79 bits per heavy atom. The molecule has 150 valence electrons. The number of aromatic nitrogens is 3. The molecule has 9 heteroatoms. The number of thioether (sulfide) groups is 1. The van der Waals surface area contributed by atoms with E-state index in [-0.39, 0.29) is 17.6 Å². The van der Waals surface area contributed by atoms with Gasteiger partial charge in [-0.05, 0) is 37.8 Å². The van der Waals surface area contributed by atoms with Crippen LogP contribution >= 0.6 is 11.8 Å². The number of furan rings is 1. The zero-order chi connectivity index (χ0) is 20.1. The summed E-state index contributed by atoms with van der Waals surface area (Å²) >= 11 is 1.32. The van der Waals surface area contributed by atoms with Crippen molar-refractivity contribution in [2.45, 2.75) is 50.9 Å². The van der Waals surface area contributed by atoms with Gasteiger partial charge in [0.05, 0.1) is 24.6 Å². The molecule has 3 heterocycles. The number of rotatable bonds is 8. The first-order valence-electron chi connectivity index (χ1n) is 9.48.